The Kier molecular flexibility index (Phi) is 2.39. The summed E-state index contributed by atoms with van der Waals surface area (Å²) in [6.07, 6.45) is 3.33. The van der Waals surface area contributed by atoms with Gasteiger partial charge in [0.1, 0.15) is 5.75 Å². The molecule has 1 aromatic carbocycles. The molecule has 0 radical (unpaired) electrons. The van der Waals surface area contributed by atoms with Crippen LogP contribution in [0.1, 0.15) is 41.7 Å². The van der Waals surface area contributed by atoms with Crippen molar-refractivity contribution in [2.75, 3.05) is 6.61 Å². The number of aldehydes is 1. The molecule has 1 aliphatic rings. The molecule has 17 heavy (non-hydrogen) atoms. The van der Waals surface area contributed by atoms with Gasteiger partial charge in [-0.1, -0.05) is 0 Å². The Morgan fingerprint density at radius 2 is 2.29 bits per heavy atom. The topological polar surface area (TPSA) is 42.1 Å². The largest absolute Gasteiger partial charge is 0.494 e. The highest BCUT2D eigenvalue weighted by molar-refractivity contribution is 5.99. The maximum atomic E-state index is 11.2. The number of fused-ring (bicyclic) bond motifs is 1. The van der Waals surface area contributed by atoms with E-state index in [-0.39, 0.29) is 0 Å². The Hall–Kier alpha value is -1.77. The van der Waals surface area contributed by atoms with Crippen LogP contribution in [0.2, 0.25) is 0 Å². The van der Waals surface area contributed by atoms with Crippen molar-refractivity contribution in [3.8, 4) is 5.75 Å². The number of nitrogens with one attached hydrogen (secondary N) is 1. The fraction of sp³-hybridized carbons (Fsp3) is 0.357. The highest BCUT2D eigenvalue weighted by Crippen LogP contribution is 2.43. The first kappa shape index (κ1) is 10.4. The SMILES string of the molecule is CCOc1ccc2[nH]c(C3CC3)c(C=O)c2c1. The minimum atomic E-state index is 0.554. The Morgan fingerprint density at radius 1 is 1.47 bits per heavy atom. The van der Waals surface area contributed by atoms with E-state index in [1.54, 1.807) is 0 Å². The average Bonchev–Trinajstić information content (AvgIpc) is 3.11. The molecule has 3 heteroatoms. The number of hydrogen-bond acceptors (Lipinski definition) is 2. The number of ether oxygens (including phenoxy) is 1. The van der Waals surface area contributed by atoms with E-state index in [9.17, 15) is 4.79 Å². The lowest BCUT2D eigenvalue weighted by molar-refractivity contribution is 0.112. The number of rotatable bonds is 4. The third-order valence-electron chi connectivity index (χ3n) is 3.26. The third kappa shape index (κ3) is 1.71. The maximum absolute atomic E-state index is 11.2. The maximum Gasteiger partial charge on any atom is 0.152 e. The second-order valence-corrected chi connectivity index (χ2v) is 4.48. The van der Waals surface area contributed by atoms with E-state index in [0.717, 1.165) is 34.2 Å². The van der Waals surface area contributed by atoms with E-state index in [2.05, 4.69) is 4.98 Å². The van der Waals surface area contributed by atoms with Gasteiger partial charge in [0.15, 0.2) is 6.29 Å². The lowest BCUT2D eigenvalue weighted by Crippen LogP contribution is -1.90. The predicted molar refractivity (Wildman–Crippen MR) is 66.8 cm³/mol. The van der Waals surface area contributed by atoms with Crippen LogP contribution < -0.4 is 4.74 Å². The first-order valence-corrected chi connectivity index (χ1v) is 6.07. The zero-order valence-electron chi connectivity index (χ0n) is 9.82. The zero-order chi connectivity index (χ0) is 11.8. The van der Waals surface area contributed by atoms with Crippen LogP contribution in [-0.4, -0.2) is 17.9 Å². The molecule has 2 aromatic rings. The summed E-state index contributed by atoms with van der Waals surface area (Å²) in [6.45, 7) is 2.60. The second-order valence-electron chi connectivity index (χ2n) is 4.48. The van der Waals surface area contributed by atoms with Crippen LogP contribution in [0.4, 0.5) is 0 Å². The molecule has 1 aromatic heterocycles. The van der Waals surface area contributed by atoms with Gasteiger partial charge in [0.25, 0.3) is 0 Å². The summed E-state index contributed by atoms with van der Waals surface area (Å²) in [4.78, 5) is 14.6. The summed E-state index contributed by atoms with van der Waals surface area (Å²) in [6, 6.07) is 5.87. The van der Waals surface area contributed by atoms with Crippen molar-refractivity contribution in [2.45, 2.75) is 25.7 Å². The summed E-state index contributed by atoms with van der Waals surface area (Å²) in [5.74, 6) is 1.38. The van der Waals surface area contributed by atoms with Crippen molar-refractivity contribution in [3.63, 3.8) is 0 Å². The van der Waals surface area contributed by atoms with E-state index in [1.165, 1.54) is 12.8 Å². The molecular weight excluding hydrogens is 214 g/mol. The lowest BCUT2D eigenvalue weighted by Gasteiger charge is -2.02. The van der Waals surface area contributed by atoms with Gasteiger partial charge < -0.3 is 9.72 Å². The molecule has 0 saturated heterocycles. The highest BCUT2D eigenvalue weighted by Gasteiger charge is 2.28. The molecule has 3 nitrogen and oxygen atoms in total. The molecule has 0 amide bonds. The molecule has 1 fully saturated rings. The van der Waals surface area contributed by atoms with Crippen molar-refractivity contribution in [1.82, 2.24) is 4.98 Å². The van der Waals surface area contributed by atoms with Crippen LogP contribution in [0.5, 0.6) is 5.75 Å². The second kappa shape index (κ2) is 3.91. The van der Waals surface area contributed by atoms with Crippen LogP contribution in [0, 0.1) is 0 Å². The van der Waals surface area contributed by atoms with Crippen LogP contribution in [-0.2, 0) is 0 Å². The smallest absolute Gasteiger partial charge is 0.152 e. The van der Waals surface area contributed by atoms with Crippen molar-refractivity contribution < 1.29 is 9.53 Å². The monoisotopic (exact) mass is 229 g/mol. The summed E-state index contributed by atoms with van der Waals surface area (Å²) in [5, 5.41) is 0.979. The van der Waals surface area contributed by atoms with E-state index >= 15 is 0 Å². The first-order chi connectivity index (χ1) is 8.33. The molecule has 1 N–H and O–H groups in total. The lowest BCUT2D eigenvalue weighted by atomic mass is 10.1. The fourth-order valence-electron chi connectivity index (χ4n) is 2.29. The quantitative estimate of drug-likeness (QED) is 0.818. The number of carbonyl (C=O) groups is 1. The zero-order valence-corrected chi connectivity index (χ0v) is 9.82. The van der Waals surface area contributed by atoms with E-state index in [1.807, 2.05) is 25.1 Å². The van der Waals surface area contributed by atoms with Crippen molar-refractivity contribution in [1.29, 1.82) is 0 Å². The minimum absolute atomic E-state index is 0.554. The van der Waals surface area contributed by atoms with Crippen molar-refractivity contribution in [3.05, 3.63) is 29.5 Å². The molecule has 0 bridgehead atoms. The summed E-state index contributed by atoms with van der Waals surface area (Å²) >= 11 is 0. The molecular formula is C14H15NO2. The minimum Gasteiger partial charge on any atom is -0.494 e. The number of hydrogen-bond donors (Lipinski definition) is 1. The van der Waals surface area contributed by atoms with E-state index in [4.69, 9.17) is 4.74 Å². The Bertz CT molecular complexity index is 567. The molecule has 0 aliphatic heterocycles. The Balaban J connectivity index is 2.16. The molecule has 1 saturated carbocycles. The van der Waals surface area contributed by atoms with Crippen LogP contribution in [0.3, 0.4) is 0 Å². The van der Waals surface area contributed by atoms with Gasteiger partial charge in [-0.3, -0.25) is 4.79 Å². The van der Waals surface area contributed by atoms with Gasteiger partial charge in [-0.05, 0) is 43.9 Å². The Morgan fingerprint density at radius 3 is 2.94 bits per heavy atom. The highest BCUT2D eigenvalue weighted by atomic mass is 16.5. The fourth-order valence-corrected chi connectivity index (χ4v) is 2.29. The third-order valence-corrected chi connectivity index (χ3v) is 3.26. The molecule has 1 aliphatic carbocycles. The summed E-state index contributed by atoms with van der Waals surface area (Å²) in [5.41, 5.74) is 2.94. The number of aromatic amines is 1. The van der Waals surface area contributed by atoms with Gasteiger partial charge in [-0.15, -0.1) is 0 Å². The van der Waals surface area contributed by atoms with Crippen LogP contribution in [0.25, 0.3) is 10.9 Å². The number of benzene rings is 1. The summed E-state index contributed by atoms with van der Waals surface area (Å²) in [7, 11) is 0. The van der Waals surface area contributed by atoms with Gasteiger partial charge in [-0.25, -0.2) is 0 Å². The molecule has 3 rings (SSSR count). The van der Waals surface area contributed by atoms with Crippen LogP contribution in [0.15, 0.2) is 18.2 Å². The standard InChI is InChI=1S/C14H15NO2/c1-2-17-10-5-6-13-11(7-10)12(8-16)14(15-13)9-3-4-9/h5-9,15H,2-4H2,1H3. The van der Waals surface area contributed by atoms with E-state index in [0.29, 0.717) is 12.5 Å². The average molecular weight is 229 g/mol. The Labute approximate surface area is 99.8 Å². The number of H-pyrrole nitrogens is 1. The van der Waals surface area contributed by atoms with Gasteiger partial charge in [-0.2, -0.15) is 0 Å². The normalized spacial score (nSPS) is 15.1. The molecule has 0 unspecified atom stereocenters. The van der Waals surface area contributed by atoms with Crippen molar-refractivity contribution in [2.24, 2.45) is 0 Å². The van der Waals surface area contributed by atoms with Crippen molar-refractivity contribution >= 4 is 17.2 Å². The van der Waals surface area contributed by atoms with E-state index < -0.39 is 0 Å². The molecule has 88 valence electrons. The molecule has 0 atom stereocenters. The van der Waals surface area contributed by atoms with Crippen LogP contribution >= 0.6 is 0 Å². The van der Waals surface area contributed by atoms with Gasteiger partial charge in [0.05, 0.1) is 6.61 Å². The predicted octanol–water partition coefficient (Wildman–Crippen LogP) is 3.26. The van der Waals surface area contributed by atoms with Gasteiger partial charge in [0.2, 0.25) is 0 Å². The van der Waals surface area contributed by atoms with Gasteiger partial charge in [0, 0.05) is 22.2 Å². The summed E-state index contributed by atoms with van der Waals surface area (Å²) < 4.78 is 5.47. The molecule has 1 heterocycles. The molecule has 0 spiro atoms. The first-order valence-electron chi connectivity index (χ1n) is 6.07. The van der Waals surface area contributed by atoms with Gasteiger partial charge >= 0.3 is 0 Å². The number of carbonyl (C=O) groups excluding carboxylic acids is 1. The number of aromatic nitrogens is 1.